The molecule has 2 heterocycles. The van der Waals surface area contributed by atoms with Gasteiger partial charge >= 0.3 is 0 Å². The monoisotopic (exact) mass is 339 g/mol. The van der Waals surface area contributed by atoms with Crippen LogP contribution in [0.1, 0.15) is 5.56 Å². The van der Waals surface area contributed by atoms with Crippen LogP contribution in [0.15, 0.2) is 83.5 Å². The molecular formula is C23H19N2O+. The van der Waals surface area contributed by atoms with Gasteiger partial charge in [0, 0.05) is 10.8 Å². The Labute approximate surface area is 151 Å². The molecule has 0 fully saturated rings. The molecule has 0 atom stereocenters. The van der Waals surface area contributed by atoms with Crippen molar-refractivity contribution in [1.29, 1.82) is 0 Å². The lowest BCUT2D eigenvalue weighted by molar-refractivity contribution is -0.659. The SMILES string of the molecule is Cc1ccc2c(oc3ccccc32)c1-c1n(-c2ccccc2)cc[n+]1C. The number of hydrogen-bond donors (Lipinski definition) is 0. The van der Waals surface area contributed by atoms with Crippen LogP contribution >= 0.6 is 0 Å². The fourth-order valence-electron chi connectivity index (χ4n) is 3.74. The summed E-state index contributed by atoms with van der Waals surface area (Å²) in [5, 5.41) is 2.31. The second kappa shape index (κ2) is 5.60. The number of furan rings is 1. The third-order valence-electron chi connectivity index (χ3n) is 5.01. The summed E-state index contributed by atoms with van der Waals surface area (Å²) in [4.78, 5) is 0. The molecule has 0 N–H and O–H groups in total. The van der Waals surface area contributed by atoms with Gasteiger partial charge in [0.05, 0.1) is 7.05 Å². The first kappa shape index (κ1) is 15.0. The van der Waals surface area contributed by atoms with Crippen molar-refractivity contribution in [2.45, 2.75) is 6.92 Å². The fraction of sp³-hybridized carbons (Fsp3) is 0.0870. The van der Waals surface area contributed by atoms with Gasteiger partial charge in [-0.25, -0.2) is 4.57 Å². The molecule has 3 aromatic carbocycles. The Morgan fingerprint density at radius 1 is 0.846 bits per heavy atom. The average Bonchev–Trinajstić information content (AvgIpc) is 3.23. The van der Waals surface area contributed by atoms with Crippen molar-refractivity contribution in [2.24, 2.45) is 7.05 Å². The zero-order valence-corrected chi connectivity index (χ0v) is 14.8. The van der Waals surface area contributed by atoms with E-state index in [1.165, 1.54) is 5.56 Å². The van der Waals surface area contributed by atoms with Gasteiger partial charge in [-0.2, -0.15) is 4.57 Å². The van der Waals surface area contributed by atoms with Crippen LogP contribution in [0.2, 0.25) is 0 Å². The van der Waals surface area contributed by atoms with E-state index in [1.54, 1.807) is 0 Å². The zero-order valence-electron chi connectivity index (χ0n) is 14.8. The molecule has 0 unspecified atom stereocenters. The molecule has 126 valence electrons. The van der Waals surface area contributed by atoms with Crippen LogP contribution in [0.5, 0.6) is 0 Å². The molecule has 0 saturated carbocycles. The number of aryl methyl sites for hydroxylation is 2. The van der Waals surface area contributed by atoms with Gasteiger partial charge in [-0.15, -0.1) is 0 Å². The minimum atomic E-state index is 0.926. The van der Waals surface area contributed by atoms with Crippen molar-refractivity contribution in [1.82, 2.24) is 4.57 Å². The van der Waals surface area contributed by atoms with Gasteiger partial charge in [0.25, 0.3) is 5.82 Å². The third kappa shape index (κ3) is 2.10. The van der Waals surface area contributed by atoms with Gasteiger partial charge in [-0.3, -0.25) is 0 Å². The molecule has 0 bridgehead atoms. The summed E-state index contributed by atoms with van der Waals surface area (Å²) in [5.41, 5.74) is 5.33. The molecule has 3 heteroatoms. The first-order chi connectivity index (χ1) is 12.7. The first-order valence-electron chi connectivity index (χ1n) is 8.77. The van der Waals surface area contributed by atoms with E-state index in [1.807, 2.05) is 18.2 Å². The van der Waals surface area contributed by atoms with Gasteiger partial charge in [-0.1, -0.05) is 48.5 Å². The largest absolute Gasteiger partial charge is 0.455 e. The number of rotatable bonds is 2. The minimum absolute atomic E-state index is 0.926. The smallest absolute Gasteiger partial charge is 0.297 e. The molecule has 26 heavy (non-hydrogen) atoms. The molecule has 2 aromatic heterocycles. The van der Waals surface area contributed by atoms with Crippen LogP contribution < -0.4 is 4.57 Å². The van der Waals surface area contributed by atoms with E-state index >= 15 is 0 Å². The predicted molar refractivity (Wildman–Crippen MR) is 104 cm³/mol. The summed E-state index contributed by atoms with van der Waals surface area (Å²) in [6, 6.07) is 23.0. The third-order valence-corrected chi connectivity index (χ3v) is 5.01. The van der Waals surface area contributed by atoms with Crippen LogP contribution in [0.25, 0.3) is 39.0 Å². The number of fused-ring (bicyclic) bond motifs is 3. The quantitative estimate of drug-likeness (QED) is 0.406. The van der Waals surface area contributed by atoms with Crippen molar-refractivity contribution in [2.75, 3.05) is 0 Å². The topological polar surface area (TPSA) is 21.9 Å². The molecule has 5 rings (SSSR count). The second-order valence-electron chi connectivity index (χ2n) is 6.67. The summed E-state index contributed by atoms with van der Waals surface area (Å²) >= 11 is 0. The molecule has 0 spiro atoms. The maximum absolute atomic E-state index is 6.31. The van der Waals surface area contributed by atoms with E-state index in [4.69, 9.17) is 4.42 Å². The maximum Gasteiger partial charge on any atom is 0.297 e. The molecular weight excluding hydrogens is 320 g/mol. The molecule has 3 nitrogen and oxygen atoms in total. The molecule has 0 amide bonds. The Morgan fingerprint density at radius 3 is 2.46 bits per heavy atom. The van der Waals surface area contributed by atoms with Crippen molar-refractivity contribution in [3.05, 3.63) is 84.7 Å². The van der Waals surface area contributed by atoms with Crippen LogP contribution in [0.3, 0.4) is 0 Å². The standard InChI is InChI=1S/C23H19N2O/c1-16-12-13-19-18-10-6-7-11-20(18)26-22(19)21(16)23-24(2)14-15-25(23)17-8-4-3-5-9-17/h3-15H,1-2H3/q+1. The predicted octanol–water partition coefficient (Wildman–Crippen LogP) is 5.18. The second-order valence-corrected chi connectivity index (χ2v) is 6.67. The number of nitrogens with zero attached hydrogens (tertiary/aromatic N) is 2. The lowest BCUT2D eigenvalue weighted by atomic mass is 10.0. The highest BCUT2D eigenvalue weighted by Gasteiger charge is 2.25. The van der Waals surface area contributed by atoms with Crippen molar-refractivity contribution < 1.29 is 8.98 Å². The zero-order chi connectivity index (χ0) is 17.7. The van der Waals surface area contributed by atoms with Crippen molar-refractivity contribution >= 4 is 21.9 Å². The Hall–Kier alpha value is -3.33. The van der Waals surface area contributed by atoms with Crippen LogP contribution in [-0.2, 0) is 7.05 Å². The minimum Gasteiger partial charge on any atom is -0.455 e. The number of para-hydroxylation sites is 2. The Morgan fingerprint density at radius 2 is 1.62 bits per heavy atom. The highest BCUT2D eigenvalue weighted by Crippen LogP contribution is 2.37. The summed E-state index contributed by atoms with van der Waals surface area (Å²) in [7, 11) is 2.08. The first-order valence-corrected chi connectivity index (χ1v) is 8.77. The van der Waals surface area contributed by atoms with Crippen LogP contribution in [-0.4, -0.2) is 4.57 Å². The van der Waals surface area contributed by atoms with Gasteiger partial charge in [0.1, 0.15) is 29.2 Å². The van der Waals surface area contributed by atoms with Gasteiger partial charge < -0.3 is 4.42 Å². The van der Waals surface area contributed by atoms with Gasteiger partial charge in [-0.05, 0) is 30.7 Å². The van der Waals surface area contributed by atoms with Crippen molar-refractivity contribution in [3.8, 4) is 17.1 Å². The molecule has 0 radical (unpaired) electrons. The average molecular weight is 339 g/mol. The summed E-state index contributed by atoms with van der Waals surface area (Å²) in [6.45, 7) is 2.14. The van der Waals surface area contributed by atoms with Crippen molar-refractivity contribution in [3.63, 3.8) is 0 Å². The lowest BCUT2D eigenvalue weighted by Crippen LogP contribution is -2.29. The number of imidazole rings is 1. The highest BCUT2D eigenvalue weighted by molar-refractivity contribution is 6.09. The van der Waals surface area contributed by atoms with E-state index in [-0.39, 0.29) is 0 Å². The van der Waals surface area contributed by atoms with Gasteiger partial charge in [0.2, 0.25) is 0 Å². The Balaban J connectivity index is 1.89. The van der Waals surface area contributed by atoms with E-state index < -0.39 is 0 Å². The normalized spacial score (nSPS) is 11.5. The van der Waals surface area contributed by atoms with E-state index in [0.29, 0.717) is 0 Å². The summed E-state index contributed by atoms with van der Waals surface area (Å²) in [5.74, 6) is 1.11. The lowest BCUT2D eigenvalue weighted by Gasteiger charge is -2.07. The molecule has 5 aromatic rings. The highest BCUT2D eigenvalue weighted by atomic mass is 16.3. The van der Waals surface area contributed by atoms with E-state index in [9.17, 15) is 0 Å². The van der Waals surface area contributed by atoms with E-state index in [0.717, 1.165) is 39.0 Å². The number of hydrogen-bond acceptors (Lipinski definition) is 1. The maximum atomic E-state index is 6.31. The Kier molecular flexibility index (Phi) is 3.22. The van der Waals surface area contributed by atoms with Crippen LogP contribution in [0.4, 0.5) is 0 Å². The van der Waals surface area contributed by atoms with Gasteiger partial charge in [0.15, 0.2) is 5.58 Å². The molecule has 0 aliphatic carbocycles. The summed E-state index contributed by atoms with van der Waals surface area (Å²) < 4.78 is 10.7. The molecule has 0 aliphatic rings. The fourth-order valence-corrected chi connectivity index (χ4v) is 3.74. The molecule has 0 saturated heterocycles. The molecule has 0 aliphatic heterocycles. The van der Waals surface area contributed by atoms with Crippen LogP contribution in [0, 0.1) is 6.92 Å². The Bertz CT molecular complexity index is 1250. The number of aromatic nitrogens is 2. The summed E-state index contributed by atoms with van der Waals surface area (Å²) in [6.07, 6.45) is 4.19. The number of benzene rings is 3. The van der Waals surface area contributed by atoms with E-state index in [2.05, 4.69) is 84.0 Å².